The molecule has 1 aliphatic rings. The lowest BCUT2D eigenvalue weighted by Gasteiger charge is -2.13. The van der Waals surface area contributed by atoms with Gasteiger partial charge in [-0.15, -0.1) is 11.3 Å². The Hall–Kier alpha value is -2.11. The summed E-state index contributed by atoms with van der Waals surface area (Å²) in [5.41, 5.74) is 3.37. The Labute approximate surface area is 157 Å². The van der Waals surface area contributed by atoms with Gasteiger partial charge in [-0.25, -0.2) is 4.99 Å². The molecule has 1 aliphatic heterocycles. The van der Waals surface area contributed by atoms with Gasteiger partial charge >= 0.3 is 0 Å². The molecule has 0 amide bonds. The van der Waals surface area contributed by atoms with E-state index in [1.54, 1.807) is 17.6 Å². The van der Waals surface area contributed by atoms with Crippen LogP contribution in [0.2, 0.25) is 0 Å². The van der Waals surface area contributed by atoms with Gasteiger partial charge in [0.2, 0.25) is 0 Å². The second-order valence-corrected chi connectivity index (χ2v) is 7.82. The van der Waals surface area contributed by atoms with Gasteiger partial charge in [-0.1, -0.05) is 26.0 Å². The quantitative estimate of drug-likeness (QED) is 0.609. The first kappa shape index (κ1) is 17.3. The SMILES string of the molecule is CC(C)c1ccc(N=c2scc(-c3ccco3)n2CC2CCCO2)cc1. The van der Waals surface area contributed by atoms with Crippen molar-refractivity contribution in [1.29, 1.82) is 0 Å². The number of hydrogen-bond donors (Lipinski definition) is 0. The number of rotatable bonds is 5. The minimum Gasteiger partial charge on any atom is -0.463 e. The third-order valence-corrected chi connectivity index (χ3v) is 5.63. The monoisotopic (exact) mass is 368 g/mol. The van der Waals surface area contributed by atoms with Gasteiger partial charge in [-0.05, 0) is 48.6 Å². The third-order valence-electron chi connectivity index (χ3n) is 4.77. The highest BCUT2D eigenvalue weighted by molar-refractivity contribution is 7.07. The van der Waals surface area contributed by atoms with Crippen LogP contribution in [-0.4, -0.2) is 17.3 Å². The van der Waals surface area contributed by atoms with E-state index in [9.17, 15) is 0 Å². The van der Waals surface area contributed by atoms with Crippen LogP contribution in [0.3, 0.4) is 0 Å². The highest BCUT2D eigenvalue weighted by Crippen LogP contribution is 2.24. The van der Waals surface area contributed by atoms with Gasteiger partial charge in [-0.3, -0.25) is 0 Å². The van der Waals surface area contributed by atoms with Gasteiger partial charge in [0.05, 0.1) is 30.3 Å². The highest BCUT2D eigenvalue weighted by Gasteiger charge is 2.19. The molecule has 1 atom stereocenters. The maximum Gasteiger partial charge on any atom is 0.190 e. The maximum absolute atomic E-state index is 5.86. The molecule has 1 aromatic carbocycles. The van der Waals surface area contributed by atoms with Crippen molar-refractivity contribution >= 4 is 17.0 Å². The Bertz CT molecular complexity index is 898. The number of benzene rings is 1. The van der Waals surface area contributed by atoms with Crippen LogP contribution in [0, 0.1) is 0 Å². The van der Waals surface area contributed by atoms with Crippen molar-refractivity contribution < 1.29 is 9.15 Å². The lowest BCUT2D eigenvalue weighted by atomic mass is 10.0. The molecule has 4 rings (SSSR count). The summed E-state index contributed by atoms with van der Waals surface area (Å²) in [4.78, 5) is 5.87. The fourth-order valence-electron chi connectivity index (χ4n) is 3.25. The molecule has 0 saturated carbocycles. The average molecular weight is 369 g/mol. The standard InChI is InChI=1S/C21H24N2O2S/c1-15(2)16-7-9-17(10-8-16)22-21-23(13-18-5-3-11-24-18)19(14-26-21)20-6-4-12-25-20/h4,6-10,12,14-15,18H,3,5,11,13H2,1-2H3. The second-order valence-electron chi connectivity index (χ2n) is 6.98. The Morgan fingerprint density at radius 3 is 2.73 bits per heavy atom. The zero-order valence-corrected chi connectivity index (χ0v) is 16.0. The Morgan fingerprint density at radius 1 is 1.23 bits per heavy atom. The van der Waals surface area contributed by atoms with Crippen molar-refractivity contribution in [3.63, 3.8) is 0 Å². The Morgan fingerprint density at radius 2 is 2.08 bits per heavy atom. The molecular formula is C21H24N2O2S. The molecule has 1 fully saturated rings. The zero-order valence-electron chi connectivity index (χ0n) is 15.2. The fraction of sp³-hybridized carbons (Fsp3) is 0.381. The molecule has 1 unspecified atom stereocenters. The van der Waals surface area contributed by atoms with Crippen LogP contribution in [0.25, 0.3) is 11.5 Å². The minimum absolute atomic E-state index is 0.251. The summed E-state index contributed by atoms with van der Waals surface area (Å²) in [6, 6.07) is 12.4. The Balaban J connectivity index is 1.72. The van der Waals surface area contributed by atoms with Crippen molar-refractivity contribution in [3.8, 4) is 11.5 Å². The van der Waals surface area contributed by atoms with Crippen molar-refractivity contribution in [3.05, 3.63) is 58.4 Å². The summed E-state index contributed by atoms with van der Waals surface area (Å²) < 4.78 is 13.7. The van der Waals surface area contributed by atoms with E-state index < -0.39 is 0 Å². The molecule has 0 N–H and O–H groups in total. The molecule has 4 nitrogen and oxygen atoms in total. The van der Waals surface area contributed by atoms with Crippen molar-refractivity contribution in [2.75, 3.05) is 6.61 Å². The van der Waals surface area contributed by atoms with E-state index in [-0.39, 0.29) is 6.10 Å². The van der Waals surface area contributed by atoms with Gasteiger partial charge in [0.25, 0.3) is 0 Å². The summed E-state index contributed by atoms with van der Waals surface area (Å²) in [6.45, 7) is 6.07. The molecule has 0 bridgehead atoms. The predicted molar refractivity (Wildman–Crippen MR) is 105 cm³/mol. The van der Waals surface area contributed by atoms with Gasteiger partial charge < -0.3 is 13.7 Å². The van der Waals surface area contributed by atoms with Crippen LogP contribution in [0.1, 0.15) is 38.2 Å². The maximum atomic E-state index is 5.86. The van der Waals surface area contributed by atoms with Crippen LogP contribution >= 0.6 is 11.3 Å². The third kappa shape index (κ3) is 3.69. The second kappa shape index (κ2) is 7.64. The number of furan rings is 1. The molecule has 0 radical (unpaired) electrons. The summed E-state index contributed by atoms with van der Waals surface area (Å²) in [5.74, 6) is 1.40. The molecule has 136 valence electrons. The van der Waals surface area contributed by atoms with E-state index >= 15 is 0 Å². The molecular weight excluding hydrogens is 344 g/mol. The van der Waals surface area contributed by atoms with Crippen LogP contribution in [0.5, 0.6) is 0 Å². The molecule has 0 aliphatic carbocycles. The van der Waals surface area contributed by atoms with E-state index in [1.807, 2.05) is 12.1 Å². The number of nitrogens with zero attached hydrogens (tertiary/aromatic N) is 2. The molecule has 26 heavy (non-hydrogen) atoms. The number of hydrogen-bond acceptors (Lipinski definition) is 4. The van der Waals surface area contributed by atoms with E-state index in [0.717, 1.165) is 47.9 Å². The molecule has 3 aromatic rings. The first-order valence-corrected chi connectivity index (χ1v) is 10.1. The molecule has 0 spiro atoms. The summed E-state index contributed by atoms with van der Waals surface area (Å²) in [6.07, 6.45) is 4.20. The first-order chi connectivity index (χ1) is 12.7. The van der Waals surface area contributed by atoms with Crippen molar-refractivity contribution in [2.24, 2.45) is 4.99 Å². The topological polar surface area (TPSA) is 39.7 Å². The fourth-order valence-corrected chi connectivity index (χ4v) is 4.17. The molecule has 2 aromatic heterocycles. The lowest BCUT2D eigenvalue weighted by Crippen LogP contribution is -2.23. The number of thiazole rings is 1. The van der Waals surface area contributed by atoms with E-state index in [4.69, 9.17) is 14.1 Å². The van der Waals surface area contributed by atoms with Gasteiger partial charge in [0, 0.05) is 12.0 Å². The Kier molecular flexibility index (Phi) is 5.09. The normalized spacial score (nSPS) is 18.1. The summed E-state index contributed by atoms with van der Waals surface area (Å²) >= 11 is 1.64. The van der Waals surface area contributed by atoms with Gasteiger partial charge in [-0.2, -0.15) is 0 Å². The molecule has 3 heterocycles. The van der Waals surface area contributed by atoms with Crippen molar-refractivity contribution in [1.82, 2.24) is 4.57 Å². The average Bonchev–Trinajstić information content (AvgIpc) is 3.39. The number of aromatic nitrogens is 1. The molecule has 1 saturated heterocycles. The van der Waals surface area contributed by atoms with Crippen LogP contribution in [0.4, 0.5) is 5.69 Å². The van der Waals surface area contributed by atoms with Crippen molar-refractivity contribution in [2.45, 2.75) is 45.3 Å². The van der Waals surface area contributed by atoms with E-state index in [1.165, 1.54) is 5.56 Å². The highest BCUT2D eigenvalue weighted by atomic mass is 32.1. The zero-order chi connectivity index (χ0) is 17.9. The van der Waals surface area contributed by atoms with E-state index in [2.05, 4.69) is 48.1 Å². The summed E-state index contributed by atoms with van der Waals surface area (Å²) in [5, 5.41) is 2.12. The van der Waals surface area contributed by atoms with E-state index in [0.29, 0.717) is 5.92 Å². The minimum atomic E-state index is 0.251. The summed E-state index contributed by atoms with van der Waals surface area (Å²) in [7, 11) is 0. The van der Waals surface area contributed by atoms with Gasteiger partial charge in [0.1, 0.15) is 0 Å². The van der Waals surface area contributed by atoms with Crippen LogP contribution < -0.4 is 4.80 Å². The smallest absolute Gasteiger partial charge is 0.190 e. The van der Waals surface area contributed by atoms with Crippen LogP contribution in [-0.2, 0) is 11.3 Å². The van der Waals surface area contributed by atoms with Crippen LogP contribution in [0.15, 0.2) is 57.5 Å². The first-order valence-electron chi connectivity index (χ1n) is 9.19. The largest absolute Gasteiger partial charge is 0.463 e. The van der Waals surface area contributed by atoms with Gasteiger partial charge in [0.15, 0.2) is 10.6 Å². The predicted octanol–water partition coefficient (Wildman–Crippen LogP) is 5.34. The molecule has 5 heteroatoms. The number of ether oxygens (including phenoxy) is 1. The lowest BCUT2D eigenvalue weighted by molar-refractivity contribution is 0.0967.